The van der Waals surface area contributed by atoms with Gasteiger partial charge in [0.25, 0.3) is 5.97 Å². The zero-order valence-corrected chi connectivity index (χ0v) is 44.8. The summed E-state index contributed by atoms with van der Waals surface area (Å²) in [4.78, 5) is 97.9. The Balaban J connectivity index is 0.000000541. The summed E-state index contributed by atoms with van der Waals surface area (Å²) in [6.45, 7) is 16.2. The first-order valence-electron chi connectivity index (χ1n) is 24.2. The number of nitrogens with one attached hydrogen (secondary N) is 3. The number of carboxylic acids is 4. The number of Topliss-reactive ketones (excluding diaryl/α,β-unsaturated/α-hetero) is 3. The number of hydrogen-bond donors (Lipinski definition) is 9. The molecule has 0 unspecified atom stereocenters. The minimum atomic E-state index is -1.29. The van der Waals surface area contributed by atoms with E-state index in [1.165, 1.54) is 27.8 Å². The second-order valence-electron chi connectivity index (χ2n) is 17.8. The summed E-state index contributed by atoms with van der Waals surface area (Å²) in [5.41, 5.74) is 20.0. The van der Waals surface area contributed by atoms with Crippen molar-refractivity contribution in [2.24, 2.45) is 11.5 Å². The number of rotatable bonds is 19. The molecule has 77 heavy (non-hydrogen) atoms. The number of fused-ring (bicyclic) bond motifs is 6. The first-order valence-corrected chi connectivity index (χ1v) is 24.2. The Hall–Kier alpha value is -8.33. The molecule has 0 aliphatic heterocycles. The highest BCUT2D eigenvalue weighted by atomic mass is 16.6. The summed E-state index contributed by atoms with van der Waals surface area (Å²) in [5, 5.41) is 41.4. The van der Waals surface area contributed by atoms with E-state index in [2.05, 4.69) is 47.0 Å². The number of aliphatic carboxylic acids is 4. The maximum atomic E-state index is 12.1. The molecule has 0 spiro atoms. The van der Waals surface area contributed by atoms with Crippen LogP contribution in [0.15, 0.2) is 121 Å². The van der Waals surface area contributed by atoms with Crippen molar-refractivity contribution >= 4 is 53.4 Å². The Labute approximate surface area is 448 Å². The second kappa shape index (κ2) is 34.3. The van der Waals surface area contributed by atoms with E-state index in [1.807, 2.05) is 84.9 Å². The van der Waals surface area contributed by atoms with Crippen LogP contribution in [-0.4, -0.2) is 125 Å². The number of benzene rings is 4. The van der Waals surface area contributed by atoms with Gasteiger partial charge in [-0.25, -0.2) is 19.2 Å². The standard InChI is InChI=1S/C21H21NO4.C20H19NO5.C7H13NO2.C6H11NO2.C2H4O2.CH5N/c1-13(2)11-19(20(23)24)22-21(25)26-12-18-16-9-5-3-7-14(16)15-8-4-6-10-17(15)18;1-12(22)10-18(19(23)24)21-20(25)26-11-17-15-8-4-2-6-13(15)14-7-3-5-9-16(14)17;1-5(9)4-7(8-3)6(2)10;1-4(2)3-5(7)6(8)9;1-2(3)4;1-2/h3-10,18-19H,1,11-12H2,2H3,(H,22,25)(H,23,24);2-9,17-18H,10-11H2,1H3,(H,21,25)(H,23,24);7-8H,4H2,1-3H3;5H,1,3,7H2,2H3,(H,8,9);1H3,(H,3,4);2H2,1H3/t19-;18-;7-;5-;;/m0000../s1. The third-order valence-corrected chi connectivity index (χ3v) is 11.1. The lowest BCUT2D eigenvalue weighted by atomic mass is 9.98. The Bertz CT molecular complexity index is 2470. The summed E-state index contributed by atoms with van der Waals surface area (Å²) in [6.07, 6.45) is -1.04. The second-order valence-corrected chi connectivity index (χ2v) is 17.8. The number of carboxylic acid groups (broad SMARTS) is 4. The van der Waals surface area contributed by atoms with Crippen LogP contribution in [0.25, 0.3) is 22.3 Å². The molecule has 0 radical (unpaired) electrons. The van der Waals surface area contributed by atoms with Crippen molar-refractivity contribution < 1.29 is 73.1 Å². The van der Waals surface area contributed by atoms with Gasteiger partial charge in [0.1, 0.15) is 48.7 Å². The van der Waals surface area contributed by atoms with Crippen LogP contribution in [0.3, 0.4) is 0 Å². The van der Waals surface area contributed by atoms with E-state index < -0.39 is 54.2 Å². The van der Waals surface area contributed by atoms with Crippen LogP contribution >= 0.6 is 0 Å². The lowest BCUT2D eigenvalue weighted by Gasteiger charge is -2.17. The molecule has 416 valence electrons. The number of amides is 2. The maximum Gasteiger partial charge on any atom is 0.407 e. The van der Waals surface area contributed by atoms with Crippen LogP contribution in [0.1, 0.15) is 101 Å². The van der Waals surface area contributed by atoms with Gasteiger partial charge >= 0.3 is 30.1 Å². The fraction of sp³-hybridized carbons (Fsp3) is 0.351. The van der Waals surface area contributed by atoms with Crippen molar-refractivity contribution in [2.75, 3.05) is 27.3 Å². The molecule has 4 atom stereocenters. The van der Waals surface area contributed by atoms with Crippen LogP contribution in [0.4, 0.5) is 9.59 Å². The summed E-state index contributed by atoms with van der Waals surface area (Å²) < 4.78 is 10.6. The van der Waals surface area contributed by atoms with Crippen molar-refractivity contribution in [3.05, 3.63) is 144 Å². The van der Waals surface area contributed by atoms with E-state index in [9.17, 15) is 43.5 Å². The zero-order valence-electron chi connectivity index (χ0n) is 44.8. The average molecular weight is 1070 g/mol. The van der Waals surface area contributed by atoms with Crippen molar-refractivity contribution in [3.8, 4) is 22.3 Å². The summed E-state index contributed by atoms with van der Waals surface area (Å²) in [5.74, 6) is -4.63. The molecule has 0 heterocycles. The number of ether oxygens (including phenoxy) is 2. The molecule has 20 heteroatoms. The van der Waals surface area contributed by atoms with Gasteiger partial charge in [0.05, 0.1) is 6.04 Å². The van der Waals surface area contributed by atoms with Crippen LogP contribution in [0.2, 0.25) is 0 Å². The molecular weight excluding hydrogens is 995 g/mol. The van der Waals surface area contributed by atoms with E-state index in [0.717, 1.165) is 57.0 Å². The smallest absolute Gasteiger partial charge is 0.407 e. The molecule has 2 aliphatic rings. The minimum Gasteiger partial charge on any atom is -0.481 e. The molecular formula is C57H73N5O15. The Morgan fingerprint density at radius 1 is 0.494 bits per heavy atom. The molecule has 0 saturated carbocycles. The largest absolute Gasteiger partial charge is 0.481 e. The lowest BCUT2D eigenvalue weighted by Crippen LogP contribution is -2.42. The molecule has 6 rings (SSSR count). The Morgan fingerprint density at radius 2 is 0.779 bits per heavy atom. The van der Waals surface area contributed by atoms with E-state index >= 15 is 0 Å². The number of hydrogen-bond acceptors (Lipinski definition) is 14. The molecule has 2 aliphatic carbocycles. The summed E-state index contributed by atoms with van der Waals surface area (Å²) in [6, 6.07) is 28.5. The van der Waals surface area contributed by atoms with Gasteiger partial charge in [0.15, 0.2) is 0 Å². The van der Waals surface area contributed by atoms with Gasteiger partial charge in [-0.15, -0.1) is 13.2 Å². The van der Waals surface area contributed by atoms with Gasteiger partial charge in [-0.2, -0.15) is 0 Å². The molecule has 0 fully saturated rings. The third-order valence-electron chi connectivity index (χ3n) is 11.1. The highest BCUT2D eigenvalue weighted by Gasteiger charge is 2.31. The summed E-state index contributed by atoms with van der Waals surface area (Å²) in [7, 11) is 3.18. The molecule has 4 aromatic carbocycles. The molecule has 0 bridgehead atoms. The van der Waals surface area contributed by atoms with Crippen molar-refractivity contribution in [2.45, 2.75) is 103 Å². The molecule has 0 aromatic heterocycles. The van der Waals surface area contributed by atoms with Crippen LogP contribution in [0.5, 0.6) is 0 Å². The quantitative estimate of drug-likeness (QED) is 0.0424. The number of ketones is 3. The monoisotopic (exact) mass is 1070 g/mol. The van der Waals surface area contributed by atoms with Gasteiger partial charge in [0, 0.05) is 31.6 Å². The molecule has 4 aromatic rings. The maximum absolute atomic E-state index is 12.1. The van der Waals surface area contributed by atoms with Gasteiger partial charge in [-0.1, -0.05) is 108 Å². The highest BCUT2D eigenvalue weighted by Crippen LogP contribution is 2.45. The fourth-order valence-electron chi connectivity index (χ4n) is 7.80. The van der Waals surface area contributed by atoms with E-state index in [0.29, 0.717) is 18.4 Å². The summed E-state index contributed by atoms with van der Waals surface area (Å²) >= 11 is 0. The van der Waals surface area contributed by atoms with Gasteiger partial charge in [-0.3, -0.25) is 24.0 Å². The Kier molecular flexibility index (Phi) is 29.7. The topological polar surface area (TPSA) is 341 Å². The minimum absolute atomic E-state index is 0.0118. The zero-order chi connectivity index (χ0) is 58.5. The number of nitrogens with two attached hydrogens (primary N) is 2. The first-order chi connectivity index (χ1) is 36.3. The van der Waals surface area contributed by atoms with E-state index in [-0.39, 0.29) is 61.3 Å². The van der Waals surface area contributed by atoms with Gasteiger partial charge < -0.3 is 57.3 Å². The molecule has 0 saturated heterocycles. The molecule has 20 nitrogen and oxygen atoms in total. The van der Waals surface area contributed by atoms with Crippen LogP contribution in [-0.2, 0) is 43.0 Å². The Morgan fingerprint density at radius 3 is 1.00 bits per heavy atom. The van der Waals surface area contributed by atoms with Crippen LogP contribution < -0.4 is 27.4 Å². The predicted octanol–water partition coefficient (Wildman–Crippen LogP) is 7.07. The number of likely N-dealkylation sites (N-methyl/N-ethyl adjacent to an activating group) is 1. The first kappa shape index (κ1) is 66.7. The predicted molar refractivity (Wildman–Crippen MR) is 291 cm³/mol. The van der Waals surface area contributed by atoms with Crippen molar-refractivity contribution in [3.63, 3.8) is 0 Å². The van der Waals surface area contributed by atoms with Crippen LogP contribution in [0, 0.1) is 0 Å². The molecule has 11 N–H and O–H groups in total. The molecule has 2 amide bonds. The third kappa shape index (κ3) is 23.4. The highest BCUT2D eigenvalue weighted by molar-refractivity contribution is 5.88. The fourth-order valence-corrected chi connectivity index (χ4v) is 7.80. The number of alkyl carbamates (subject to hydrolysis) is 2. The average Bonchev–Trinajstić information content (AvgIpc) is 3.86. The van der Waals surface area contributed by atoms with E-state index in [1.54, 1.807) is 20.9 Å². The van der Waals surface area contributed by atoms with E-state index in [4.69, 9.17) is 35.3 Å². The van der Waals surface area contributed by atoms with Gasteiger partial charge in [0.2, 0.25) is 0 Å². The SMILES string of the molecule is C=C(C)C[C@H](N)C(=O)O.C=C(C)C[C@H](NC(=O)OCC1c2ccccc2-c2ccccc21)C(=O)O.CC(=O)C[C@H](NC(=O)OCC1c2ccccc2-c2ccccc21)C(=O)O.CC(=O)O.CN.CN[C@@H](CC(C)=O)C(C)=O. The van der Waals surface area contributed by atoms with Crippen molar-refractivity contribution in [1.29, 1.82) is 0 Å². The normalized spacial score (nSPS) is 12.6. The number of carbonyl (C=O) groups is 9. The lowest BCUT2D eigenvalue weighted by molar-refractivity contribution is -0.141. The van der Waals surface area contributed by atoms with Gasteiger partial charge in [-0.05, 0) is 106 Å². The van der Waals surface area contributed by atoms with Crippen molar-refractivity contribution in [1.82, 2.24) is 16.0 Å². The number of carbonyl (C=O) groups excluding carboxylic acids is 5.